The third-order valence-corrected chi connectivity index (χ3v) is 4.98. The topological polar surface area (TPSA) is 38.9 Å². The molecule has 0 radical (unpaired) electrons. The van der Waals surface area contributed by atoms with Crippen LogP contribution < -0.4 is 5.73 Å². The number of nitrogens with zero attached hydrogens (tertiary/aromatic N) is 1. The van der Waals surface area contributed by atoms with Crippen molar-refractivity contribution in [1.29, 1.82) is 0 Å². The van der Waals surface area contributed by atoms with Crippen LogP contribution in [0.1, 0.15) is 29.8 Å². The smallest absolute Gasteiger partial charge is 0.0797 e. The molecule has 3 saturated carbocycles. The summed E-state index contributed by atoms with van der Waals surface area (Å²) in [5.74, 6) is 0. The molecule has 70 valence electrons. The number of thiazole rings is 1. The summed E-state index contributed by atoms with van der Waals surface area (Å²) in [7, 11) is 0. The second-order valence-corrected chi connectivity index (χ2v) is 5.64. The van der Waals surface area contributed by atoms with Gasteiger partial charge in [-0.15, -0.1) is 11.3 Å². The lowest BCUT2D eigenvalue weighted by atomic mass is 9.35. The lowest BCUT2D eigenvalue weighted by Gasteiger charge is -2.70. The number of rotatable bonds is 2. The quantitative estimate of drug-likeness (QED) is 0.780. The van der Waals surface area contributed by atoms with Crippen LogP contribution in [0.5, 0.6) is 0 Å². The maximum Gasteiger partial charge on any atom is 0.0797 e. The van der Waals surface area contributed by atoms with E-state index < -0.39 is 0 Å². The lowest BCUT2D eigenvalue weighted by molar-refractivity contribution is -0.130. The summed E-state index contributed by atoms with van der Waals surface area (Å²) >= 11 is 1.83. The Balaban J connectivity index is 1.88. The van der Waals surface area contributed by atoms with Gasteiger partial charge in [-0.25, -0.2) is 4.98 Å². The van der Waals surface area contributed by atoms with Gasteiger partial charge in [0.15, 0.2) is 0 Å². The van der Waals surface area contributed by atoms with Crippen LogP contribution >= 0.6 is 11.3 Å². The molecule has 0 aliphatic heterocycles. The molecule has 2 N–H and O–H groups in total. The predicted octanol–water partition coefficient (Wildman–Crippen LogP) is 1.83. The summed E-state index contributed by atoms with van der Waals surface area (Å²) in [4.78, 5) is 5.86. The molecule has 3 aliphatic carbocycles. The van der Waals surface area contributed by atoms with Crippen molar-refractivity contribution >= 4 is 11.3 Å². The van der Waals surface area contributed by atoms with Crippen molar-refractivity contribution in [3.8, 4) is 0 Å². The Hall–Kier alpha value is -0.410. The molecule has 0 unspecified atom stereocenters. The Morgan fingerprint density at radius 3 is 2.69 bits per heavy atom. The zero-order valence-corrected chi connectivity index (χ0v) is 8.66. The minimum absolute atomic E-state index is 0.518. The number of hydrogen-bond donors (Lipinski definition) is 1. The fraction of sp³-hybridized carbons (Fsp3) is 0.700. The van der Waals surface area contributed by atoms with Crippen LogP contribution in [0.4, 0.5) is 0 Å². The molecule has 1 heterocycles. The Morgan fingerprint density at radius 2 is 2.23 bits per heavy atom. The highest BCUT2D eigenvalue weighted by Crippen LogP contribution is 2.73. The van der Waals surface area contributed by atoms with Crippen LogP contribution in [-0.4, -0.2) is 11.5 Å². The van der Waals surface area contributed by atoms with E-state index in [4.69, 9.17) is 5.73 Å². The molecule has 3 heteroatoms. The second kappa shape index (κ2) is 2.15. The van der Waals surface area contributed by atoms with Gasteiger partial charge in [-0.1, -0.05) is 0 Å². The average Bonchev–Trinajstić information content (AvgIpc) is 2.32. The van der Waals surface area contributed by atoms with Crippen molar-refractivity contribution in [1.82, 2.24) is 4.98 Å². The summed E-state index contributed by atoms with van der Waals surface area (Å²) < 4.78 is 0. The largest absolute Gasteiger partial charge is 0.330 e. The van der Waals surface area contributed by atoms with E-state index in [0.29, 0.717) is 10.8 Å². The number of aryl methyl sites for hydroxylation is 1. The molecule has 2 bridgehead atoms. The van der Waals surface area contributed by atoms with Gasteiger partial charge in [-0.2, -0.15) is 0 Å². The Kier molecular flexibility index (Phi) is 1.31. The molecular formula is C10H14N2S. The summed E-state index contributed by atoms with van der Waals surface area (Å²) in [6.07, 6.45) is 3.96. The van der Waals surface area contributed by atoms with E-state index in [2.05, 4.69) is 11.9 Å². The van der Waals surface area contributed by atoms with E-state index >= 15 is 0 Å². The molecule has 0 spiro atoms. The summed E-state index contributed by atoms with van der Waals surface area (Å²) in [5, 5.41) is 0. The van der Waals surface area contributed by atoms with E-state index in [-0.39, 0.29) is 0 Å². The zero-order chi connectivity index (χ0) is 9.10. The highest BCUT2D eigenvalue weighted by atomic mass is 32.1. The normalized spacial score (nSPS) is 41.1. The van der Waals surface area contributed by atoms with Crippen LogP contribution in [0.25, 0.3) is 0 Å². The van der Waals surface area contributed by atoms with Gasteiger partial charge in [0.05, 0.1) is 11.2 Å². The molecule has 3 fully saturated rings. The molecule has 2 nitrogen and oxygen atoms in total. The first-order valence-electron chi connectivity index (χ1n) is 4.80. The fourth-order valence-corrected chi connectivity index (χ4v) is 4.27. The molecule has 1 aromatic rings. The highest BCUT2D eigenvalue weighted by molar-refractivity contribution is 7.10. The number of aromatic nitrogens is 1. The van der Waals surface area contributed by atoms with Gasteiger partial charge in [-0.05, 0) is 38.1 Å². The Morgan fingerprint density at radius 1 is 1.54 bits per heavy atom. The molecule has 1 aromatic heterocycles. The zero-order valence-electron chi connectivity index (χ0n) is 7.84. The first-order chi connectivity index (χ1) is 6.20. The molecule has 13 heavy (non-hydrogen) atoms. The lowest BCUT2D eigenvalue weighted by Crippen LogP contribution is -2.67. The molecule has 4 rings (SSSR count). The molecule has 3 aliphatic rings. The first-order valence-corrected chi connectivity index (χ1v) is 5.68. The van der Waals surface area contributed by atoms with E-state index in [1.807, 2.05) is 16.8 Å². The minimum atomic E-state index is 0.518. The number of hydrogen-bond acceptors (Lipinski definition) is 3. The third-order valence-electron chi connectivity index (χ3n) is 3.80. The van der Waals surface area contributed by atoms with Crippen molar-refractivity contribution in [3.05, 3.63) is 16.1 Å². The molecule has 0 saturated heterocycles. The van der Waals surface area contributed by atoms with Gasteiger partial charge in [0, 0.05) is 10.3 Å². The van der Waals surface area contributed by atoms with E-state index in [1.54, 1.807) is 0 Å². The standard InChI is InChI=1S/C10H14N2S/c1-7-8(13-6-12-7)10-2-9(3-10,4-10)5-11/h6H,2-5,11H2,1H3. The monoisotopic (exact) mass is 194 g/mol. The molecule has 0 amide bonds. The first kappa shape index (κ1) is 7.94. The summed E-state index contributed by atoms with van der Waals surface area (Å²) in [5.41, 5.74) is 10.0. The van der Waals surface area contributed by atoms with Crippen LogP contribution in [0.15, 0.2) is 5.51 Å². The van der Waals surface area contributed by atoms with Gasteiger partial charge in [-0.3, -0.25) is 0 Å². The van der Waals surface area contributed by atoms with Gasteiger partial charge in [0.1, 0.15) is 0 Å². The van der Waals surface area contributed by atoms with Crippen molar-refractivity contribution in [2.45, 2.75) is 31.6 Å². The Labute approximate surface area is 82.2 Å². The van der Waals surface area contributed by atoms with Crippen LogP contribution in [0.2, 0.25) is 0 Å². The van der Waals surface area contributed by atoms with E-state index in [1.165, 1.54) is 29.8 Å². The van der Waals surface area contributed by atoms with Gasteiger partial charge >= 0.3 is 0 Å². The van der Waals surface area contributed by atoms with Crippen molar-refractivity contribution in [2.24, 2.45) is 11.1 Å². The third kappa shape index (κ3) is 0.796. The summed E-state index contributed by atoms with van der Waals surface area (Å²) in [6.45, 7) is 3.01. The molecule has 0 atom stereocenters. The molecule has 0 aromatic carbocycles. The maximum atomic E-state index is 5.74. The van der Waals surface area contributed by atoms with Gasteiger partial charge in [0.25, 0.3) is 0 Å². The van der Waals surface area contributed by atoms with Crippen molar-refractivity contribution in [3.63, 3.8) is 0 Å². The van der Waals surface area contributed by atoms with Gasteiger partial charge < -0.3 is 5.73 Å². The van der Waals surface area contributed by atoms with Crippen molar-refractivity contribution < 1.29 is 0 Å². The fourth-order valence-electron chi connectivity index (χ4n) is 3.27. The van der Waals surface area contributed by atoms with Gasteiger partial charge in [0.2, 0.25) is 0 Å². The van der Waals surface area contributed by atoms with Crippen molar-refractivity contribution in [2.75, 3.05) is 6.54 Å². The second-order valence-electron chi connectivity index (χ2n) is 4.78. The SMILES string of the molecule is Cc1ncsc1C12CC(CN)(C1)C2. The number of nitrogens with two attached hydrogens (primary N) is 1. The summed E-state index contributed by atoms with van der Waals surface area (Å²) in [6, 6.07) is 0. The van der Waals surface area contributed by atoms with Crippen LogP contribution in [0, 0.1) is 12.3 Å². The van der Waals surface area contributed by atoms with Crippen LogP contribution in [0.3, 0.4) is 0 Å². The Bertz CT molecular complexity index is 336. The van der Waals surface area contributed by atoms with Crippen LogP contribution in [-0.2, 0) is 5.41 Å². The minimum Gasteiger partial charge on any atom is -0.330 e. The average molecular weight is 194 g/mol. The van der Waals surface area contributed by atoms with E-state index in [0.717, 1.165) is 6.54 Å². The highest BCUT2D eigenvalue weighted by Gasteiger charge is 2.68. The molecular weight excluding hydrogens is 180 g/mol. The maximum absolute atomic E-state index is 5.74. The van der Waals surface area contributed by atoms with E-state index in [9.17, 15) is 0 Å². The predicted molar refractivity (Wildman–Crippen MR) is 53.9 cm³/mol.